The highest BCUT2D eigenvalue weighted by atomic mass is 35.5. The van der Waals surface area contributed by atoms with Crippen LogP contribution in [-0.2, 0) is 16.1 Å². The molecule has 2 aromatic carbocycles. The molecule has 6 rings (SSSR count). The number of anilines is 1. The van der Waals surface area contributed by atoms with Crippen LogP contribution >= 0.6 is 23.2 Å². The van der Waals surface area contributed by atoms with E-state index in [1.54, 1.807) is 24.3 Å². The van der Waals surface area contributed by atoms with Gasteiger partial charge in [-0.05, 0) is 62.4 Å². The number of aromatic nitrogens is 1. The molecule has 40 heavy (non-hydrogen) atoms. The highest BCUT2D eigenvalue weighted by Crippen LogP contribution is 2.47. The number of amides is 1. The number of hydrogen-bond donors (Lipinski definition) is 2. The summed E-state index contributed by atoms with van der Waals surface area (Å²) in [6, 6.07) is 10.1. The second-order valence-corrected chi connectivity index (χ2v) is 11.5. The average Bonchev–Trinajstić information content (AvgIpc) is 3.60. The van der Waals surface area contributed by atoms with Gasteiger partial charge >= 0.3 is 5.97 Å². The average molecular weight is 588 g/mol. The molecule has 1 amide bonds. The van der Waals surface area contributed by atoms with Crippen LogP contribution in [0.15, 0.2) is 40.9 Å². The number of carbonyl (C=O) groups excluding carboxylic acids is 1. The Kier molecular flexibility index (Phi) is 7.46. The van der Waals surface area contributed by atoms with Crippen LogP contribution < -0.4 is 10.2 Å². The highest BCUT2D eigenvalue weighted by Gasteiger charge is 2.42. The van der Waals surface area contributed by atoms with Gasteiger partial charge in [-0.15, -0.1) is 0 Å². The van der Waals surface area contributed by atoms with E-state index < -0.39 is 24.2 Å². The summed E-state index contributed by atoms with van der Waals surface area (Å²) in [7, 11) is 0. The number of nitrogens with zero attached hydrogens (tertiary/aromatic N) is 2. The molecule has 1 aromatic heterocycles. The van der Waals surface area contributed by atoms with Gasteiger partial charge in [-0.25, -0.2) is 4.39 Å². The molecule has 0 spiro atoms. The molecule has 2 heterocycles. The van der Waals surface area contributed by atoms with Gasteiger partial charge in [-0.2, -0.15) is 0 Å². The van der Waals surface area contributed by atoms with Crippen LogP contribution in [0.25, 0.3) is 11.3 Å². The Balaban J connectivity index is 1.15. The largest absolute Gasteiger partial charge is 0.480 e. The van der Waals surface area contributed by atoms with Crippen molar-refractivity contribution in [3.05, 3.63) is 69.1 Å². The summed E-state index contributed by atoms with van der Waals surface area (Å²) >= 11 is 13.0. The molecule has 2 N–H and O–H groups in total. The summed E-state index contributed by atoms with van der Waals surface area (Å²) < 4.78 is 27.1. The van der Waals surface area contributed by atoms with Crippen molar-refractivity contribution in [2.45, 2.75) is 56.8 Å². The summed E-state index contributed by atoms with van der Waals surface area (Å²) in [5.41, 5.74) is 2.70. The van der Waals surface area contributed by atoms with E-state index in [-0.39, 0.29) is 23.6 Å². The van der Waals surface area contributed by atoms with E-state index in [1.165, 1.54) is 12.1 Å². The minimum absolute atomic E-state index is 0.0173. The normalized spacial score (nSPS) is 22.0. The van der Waals surface area contributed by atoms with E-state index in [2.05, 4.69) is 15.4 Å². The Morgan fingerprint density at radius 2 is 1.93 bits per heavy atom. The zero-order valence-corrected chi connectivity index (χ0v) is 23.1. The van der Waals surface area contributed by atoms with E-state index in [9.17, 15) is 14.0 Å². The summed E-state index contributed by atoms with van der Waals surface area (Å²) in [4.78, 5) is 25.0. The van der Waals surface area contributed by atoms with Crippen molar-refractivity contribution in [1.29, 1.82) is 0 Å². The van der Waals surface area contributed by atoms with Crippen molar-refractivity contribution in [3.8, 4) is 11.3 Å². The molecule has 3 fully saturated rings. The lowest BCUT2D eigenvalue weighted by molar-refractivity contribution is -0.135. The maximum absolute atomic E-state index is 14.8. The SMILES string of the molecule is O=C(O)CNC(=O)c1ccc(N2C[C@@H]3C[C@H]2CC[C@H]3OCc2c(-c3c(Cl)cccc3Cl)noc2C2CC2)cc1F. The molecule has 2 saturated carbocycles. The van der Waals surface area contributed by atoms with E-state index >= 15 is 0 Å². The number of rotatable bonds is 9. The van der Waals surface area contributed by atoms with Gasteiger partial charge < -0.3 is 24.6 Å². The first-order valence-corrected chi connectivity index (χ1v) is 14.2. The first-order valence-electron chi connectivity index (χ1n) is 13.4. The second-order valence-electron chi connectivity index (χ2n) is 10.7. The third-order valence-corrected chi connectivity index (χ3v) is 8.72. The minimum atomic E-state index is -1.19. The van der Waals surface area contributed by atoms with E-state index in [4.69, 9.17) is 37.6 Å². The quantitative estimate of drug-likeness (QED) is 0.314. The Bertz CT molecular complexity index is 1440. The molecular weight excluding hydrogens is 560 g/mol. The molecule has 0 unspecified atom stereocenters. The van der Waals surface area contributed by atoms with Gasteiger partial charge in [0.2, 0.25) is 0 Å². The maximum atomic E-state index is 14.8. The number of halogens is 3. The van der Waals surface area contributed by atoms with Crippen LogP contribution in [0, 0.1) is 11.7 Å². The number of aliphatic carboxylic acids is 1. The molecule has 210 valence electrons. The molecule has 1 aliphatic heterocycles. The number of fused-ring (bicyclic) bond motifs is 2. The predicted molar refractivity (Wildman–Crippen MR) is 147 cm³/mol. The predicted octanol–water partition coefficient (Wildman–Crippen LogP) is 6.05. The van der Waals surface area contributed by atoms with Crippen molar-refractivity contribution in [2.75, 3.05) is 18.0 Å². The Morgan fingerprint density at radius 1 is 1.15 bits per heavy atom. The van der Waals surface area contributed by atoms with Crippen molar-refractivity contribution in [1.82, 2.24) is 10.5 Å². The fourth-order valence-electron chi connectivity index (χ4n) is 5.98. The zero-order valence-electron chi connectivity index (χ0n) is 21.5. The first kappa shape index (κ1) is 27.1. The highest BCUT2D eigenvalue weighted by molar-refractivity contribution is 6.39. The fraction of sp³-hybridized carbons (Fsp3) is 0.414. The molecule has 3 aliphatic rings. The summed E-state index contributed by atoms with van der Waals surface area (Å²) in [6.07, 6.45) is 4.81. The number of nitrogens with one attached hydrogen (secondary N) is 1. The van der Waals surface area contributed by atoms with Crippen LogP contribution in [0.4, 0.5) is 10.1 Å². The number of carboxylic acids is 1. The van der Waals surface area contributed by atoms with E-state index in [0.29, 0.717) is 46.1 Å². The smallest absolute Gasteiger partial charge is 0.322 e. The molecule has 1 saturated heterocycles. The van der Waals surface area contributed by atoms with Crippen molar-refractivity contribution in [2.24, 2.45) is 5.92 Å². The van der Waals surface area contributed by atoms with Gasteiger partial charge in [-0.3, -0.25) is 9.59 Å². The summed E-state index contributed by atoms with van der Waals surface area (Å²) in [6.45, 7) is 0.482. The van der Waals surface area contributed by atoms with E-state index in [1.807, 2.05) is 0 Å². The topological polar surface area (TPSA) is 105 Å². The fourth-order valence-corrected chi connectivity index (χ4v) is 6.56. The molecule has 3 aromatic rings. The van der Waals surface area contributed by atoms with Gasteiger partial charge in [0.1, 0.15) is 23.8 Å². The Hall–Kier alpha value is -3.14. The maximum Gasteiger partial charge on any atom is 0.322 e. The molecule has 2 aliphatic carbocycles. The van der Waals surface area contributed by atoms with E-state index in [0.717, 1.165) is 43.4 Å². The van der Waals surface area contributed by atoms with Crippen molar-refractivity contribution < 1.29 is 28.3 Å². The lowest BCUT2D eigenvalue weighted by atomic mass is 9.87. The third-order valence-electron chi connectivity index (χ3n) is 8.09. The van der Waals surface area contributed by atoms with Gasteiger partial charge in [0, 0.05) is 41.2 Å². The number of hydrogen-bond acceptors (Lipinski definition) is 6. The molecule has 11 heteroatoms. The van der Waals surface area contributed by atoms with Gasteiger partial charge in [0.25, 0.3) is 5.91 Å². The number of carboxylic acid groups (broad SMARTS) is 1. The van der Waals surface area contributed by atoms with Gasteiger partial charge in [0.15, 0.2) is 0 Å². The molecule has 2 bridgehead atoms. The Labute approximate surface area is 240 Å². The molecule has 8 nitrogen and oxygen atoms in total. The summed E-state index contributed by atoms with van der Waals surface area (Å²) in [5, 5.41) is 16.3. The summed E-state index contributed by atoms with van der Waals surface area (Å²) in [5.74, 6) is -1.18. The van der Waals surface area contributed by atoms with Gasteiger partial charge in [-0.1, -0.05) is 34.4 Å². The standard InChI is InChI=1S/C29H28Cl2FN3O5/c30-21-2-1-3-22(31)26(21)27-20(28(40-34-27)15-4-5-15)14-39-24-9-7-17-10-16(24)13-35(17)18-6-8-19(23(32)11-18)29(38)33-12-25(36)37/h1-3,6,8,11,15-17,24H,4-5,7,9-10,12-14H2,(H,33,38)(H,36,37)/t16-,17+,24+/m0/s1. The van der Waals surface area contributed by atoms with Crippen LogP contribution in [0.5, 0.6) is 0 Å². The lowest BCUT2D eigenvalue weighted by Crippen LogP contribution is -2.31. The Morgan fingerprint density at radius 3 is 2.62 bits per heavy atom. The minimum Gasteiger partial charge on any atom is -0.480 e. The van der Waals surface area contributed by atoms with Crippen LogP contribution in [0.3, 0.4) is 0 Å². The van der Waals surface area contributed by atoms with Gasteiger partial charge in [0.05, 0.1) is 28.3 Å². The van der Waals surface area contributed by atoms with Crippen LogP contribution in [-0.4, -0.2) is 47.4 Å². The second kappa shape index (κ2) is 11.0. The number of ether oxygens (including phenoxy) is 1. The van der Waals surface area contributed by atoms with Crippen molar-refractivity contribution in [3.63, 3.8) is 0 Å². The molecular formula is C29H28Cl2FN3O5. The number of benzene rings is 2. The first-order chi connectivity index (χ1) is 19.3. The van der Waals surface area contributed by atoms with Crippen molar-refractivity contribution >= 4 is 40.8 Å². The van der Waals surface area contributed by atoms with Crippen LogP contribution in [0.2, 0.25) is 10.0 Å². The zero-order chi connectivity index (χ0) is 28.0. The molecule has 3 atom stereocenters. The van der Waals surface area contributed by atoms with Crippen LogP contribution in [0.1, 0.15) is 59.7 Å². The molecule has 0 radical (unpaired) electrons. The number of carbonyl (C=O) groups is 2. The lowest BCUT2D eigenvalue weighted by Gasteiger charge is -2.29. The third kappa shape index (κ3) is 5.30. The monoisotopic (exact) mass is 587 g/mol.